The van der Waals surface area contributed by atoms with Crippen LogP contribution in [0.4, 0.5) is 0 Å². The summed E-state index contributed by atoms with van der Waals surface area (Å²) in [5, 5.41) is 3.49. The van der Waals surface area contributed by atoms with Crippen molar-refractivity contribution < 1.29 is 4.74 Å². The molecule has 2 nitrogen and oxygen atoms in total. The van der Waals surface area contributed by atoms with Gasteiger partial charge in [-0.2, -0.15) is 0 Å². The number of ether oxygens (including phenoxy) is 1. The average Bonchev–Trinajstić information content (AvgIpc) is 2.29. The monoisotopic (exact) mass is 229 g/mol. The van der Waals surface area contributed by atoms with Gasteiger partial charge in [-0.3, -0.25) is 0 Å². The van der Waals surface area contributed by atoms with Gasteiger partial charge in [0.05, 0.1) is 0 Å². The minimum Gasteiger partial charge on any atom is -0.381 e. The van der Waals surface area contributed by atoms with E-state index in [1.54, 1.807) is 0 Å². The molecule has 0 spiro atoms. The van der Waals surface area contributed by atoms with Crippen LogP contribution in [0, 0.1) is 11.3 Å². The van der Waals surface area contributed by atoms with Crippen molar-refractivity contribution >= 4 is 0 Å². The highest BCUT2D eigenvalue weighted by Gasteiger charge is 2.25. The number of nitrogens with one attached hydrogen (secondary N) is 1. The zero-order valence-electron chi connectivity index (χ0n) is 11.9. The summed E-state index contributed by atoms with van der Waals surface area (Å²) in [6.07, 6.45) is 3.66. The van der Waals surface area contributed by atoms with Crippen LogP contribution in [-0.2, 0) is 4.74 Å². The first-order chi connectivity index (χ1) is 7.60. The molecule has 0 aliphatic rings. The van der Waals surface area contributed by atoms with E-state index in [4.69, 9.17) is 4.74 Å². The summed E-state index contributed by atoms with van der Waals surface area (Å²) in [6, 6.07) is 0. The minimum absolute atomic E-state index is 0.437. The van der Waals surface area contributed by atoms with Crippen molar-refractivity contribution in [2.75, 3.05) is 26.3 Å². The molecule has 0 amide bonds. The third-order valence-electron chi connectivity index (χ3n) is 3.48. The maximum Gasteiger partial charge on any atom is 0.0488 e. The Labute approximate surface area is 102 Å². The van der Waals surface area contributed by atoms with E-state index < -0.39 is 0 Å². The Morgan fingerprint density at radius 1 is 1.12 bits per heavy atom. The predicted octanol–water partition coefficient (Wildman–Crippen LogP) is 3.47. The molecule has 0 aliphatic carbocycles. The van der Waals surface area contributed by atoms with Crippen molar-refractivity contribution in [3.63, 3.8) is 0 Å². The summed E-state index contributed by atoms with van der Waals surface area (Å²) >= 11 is 0. The highest BCUT2D eigenvalue weighted by molar-refractivity contribution is 4.78. The third-order valence-corrected chi connectivity index (χ3v) is 3.48. The number of hydrogen-bond acceptors (Lipinski definition) is 2. The molecule has 1 N–H and O–H groups in total. The Balaban J connectivity index is 3.91. The second kappa shape index (κ2) is 9.00. The summed E-state index contributed by atoms with van der Waals surface area (Å²) in [5.41, 5.74) is 0.437. The fourth-order valence-corrected chi connectivity index (χ4v) is 1.94. The van der Waals surface area contributed by atoms with Crippen molar-refractivity contribution in [1.82, 2.24) is 5.32 Å². The predicted molar refractivity (Wildman–Crippen MR) is 71.8 cm³/mol. The quantitative estimate of drug-likeness (QED) is 0.579. The molecule has 0 aliphatic heterocycles. The lowest BCUT2D eigenvalue weighted by atomic mass is 9.79. The van der Waals surface area contributed by atoms with Crippen LogP contribution >= 0.6 is 0 Å². The van der Waals surface area contributed by atoms with Crippen LogP contribution in [0.15, 0.2) is 0 Å². The molecule has 0 radical (unpaired) electrons. The van der Waals surface area contributed by atoms with Gasteiger partial charge in [-0.25, -0.2) is 0 Å². The van der Waals surface area contributed by atoms with Crippen LogP contribution in [0.2, 0.25) is 0 Å². The van der Waals surface area contributed by atoms with Gasteiger partial charge in [-0.05, 0) is 37.1 Å². The fraction of sp³-hybridized carbons (Fsp3) is 1.00. The summed E-state index contributed by atoms with van der Waals surface area (Å²) in [5.74, 6) is 0.645. The zero-order chi connectivity index (χ0) is 12.4. The van der Waals surface area contributed by atoms with Crippen molar-refractivity contribution in [3.05, 3.63) is 0 Å². The van der Waals surface area contributed by atoms with E-state index in [1.807, 2.05) is 0 Å². The summed E-state index contributed by atoms with van der Waals surface area (Å²) in [7, 11) is 0. The highest BCUT2D eigenvalue weighted by Crippen LogP contribution is 2.29. The molecule has 0 rings (SSSR count). The molecular weight excluding hydrogens is 198 g/mol. The van der Waals surface area contributed by atoms with Crippen LogP contribution in [-0.4, -0.2) is 26.3 Å². The first kappa shape index (κ1) is 15.9. The molecule has 0 unspecified atom stereocenters. The van der Waals surface area contributed by atoms with Gasteiger partial charge in [0.2, 0.25) is 0 Å². The van der Waals surface area contributed by atoms with Gasteiger partial charge in [0.1, 0.15) is 0 Å². The topological polar surface area (TPSA) is 21.3 Å². The third kappa shape index (κ3) is 6.49. The van der Waals surface area contributed by atoms with Gasteiger partial charge in [0.15, 0.2) is 0 Å². The van der Waals surface area contributed by atoms with Crippen molar-refractivity contribution in [2.24, 2.45) is 11.3 Å². The zero-order valence-corrected chi connectivity index (χ0v) is 11.9. The van der Waals surface area contributed by atoms with Gasteiger partial charge >= 0.3 is 0 Å². The van der Waals surface area contributed by atoms with Crippen LogP contribution in [0.25, 0.3) is 0 Å². The number of hydrogen-bond donors (Lipinski definition) is 1. The Bertz CT molecular complexity index is 153. The molecule has 0 heterocycles. The molecule has 16 heavy (non-hydrogen) atoms. The molecule has 0 aromatic rings. The second-order valence-corrected chi connectivity index (χ2v) is 5.21. The molecular formula is C14H31NO. The standard InChI is InChI=1S/C14H31NO/c1-6-14(7-2,12-15-8-3)9-10-16-11-13(4)5/h13,15H,6-12H2,1-5H3. The Morgan fingerprint density at radius 3 is 2.19 bits per heavy atom. The van der Waals surface area contributed by atoms with Crippen molar-refractivity contribution in [2.45, 2.75) is 53.9 Å². The average molecular weight is 229 g/mol. The van der Waals surface area contributed by atoms with Crippen LogP contribution in [0.3, 0.4) is 0 Å². The summed E-state index contributed by atoms with van der Waals surface area (Å²) in [6.45, 7) is 15.2. The molecule has 0 atom stereocenters. The van der Waals surface area contributed by atoms with Crippen LogP contribution < -0.4 is 5.32 Å². The lowest BCUT2D eigenvalue weighted by molar-refractivity contribution is 0.0723. The van der Waals surface area contributed by atoms with E-state index in [0.717, 1.165) is 26.3 Å². The van der Waals surface area contributed by atoms with Crippen molar-refractivity contribution in [3.8, 4) is 0 Å². The molecule has 0 saturated carbocycles. The maximum absolute atomic E-state index is 5.71. The maximum atomic E-state index is 5.71. The van der Waals surface area contributed by atoms with Crippen LogP contribution in [0.1, 0.15) is 53.9 Å². The first-order valence-corrected chi connectivity index (χ1v) is 6.88. The molecule has 0 bridgehead atoms. The van der Waals surface area contributed by atoms with Gasteiger partial charge in [0, 0.05) is 19.8 Å². The van der Waals surface area contributed by atoms with E-state index >= 15 is 0 Å². The van der Waals surface area contributed by atoms with E-state index in [-0.39, 0.29) is 0 Å². The van der Waals surface area contributed by atoms with E-state index in [1.165, 1.54) is 19.3 Å². The van der Waals surface area contributed by atoms with Gasteiger partial charge in [-0.1, -0.05) is 34.6 Å². The molecule has 0 saturated heterocycles. The van der Waals surface area contributed by atoms with Crippen LogP contribution in [0.5, 0.6) is 0 Å². The SMILES string of the molecule is CCNCC(CC)(CC)CCOCC(C)C. The fourth-order valence-electron chi connectivity index (χ4n) is 1.94. The highest BCUT2D eigenvalue weighted by atomic mass is 16.5. The van der Waals surface area contributed by atoms with E-state index in [9.17, 15) is 0 Å². The largest absolute Gasteiger partial charge is 0.381 e. The first-order valence-electron chi connectivity index (χ1n) is 6.88. The van der Waals surface area contributed by atoms with E-state index in [2.05, 4.69) is 39.9 Å². The molecule has 0 aromatic heterocycles. The normalized spacial score (nSPS) is 12.4. The Morgan fingerprint density at radius 2 is 1.75 bits per heavy atom. The summed E-state index contributed by atoms with van der Waals surface area (Å²) < 4.78 is 5.71. The lowest BCUT2D eigenvalue weighted by Gasteiger charge is -2.32. The van der Waals surface area contributed by atoms with Gasteiger partial charge in [0.25, 0.3) is 0 Å². The van der Waals surface area contributed by atoms with Crippen molar-refractivity contribution in [1.29, 1.82) is 0 Å². The second-order valence-electron chi connectivity index (χ2n) is 5.21. The lowest BCUT2D eigenvalue weighted by Crippen LogP contribution is -2.34. The van der Waals surface area contributed by atoms with Gasteiger partial charge in [-0.15, -0.1) is 0 Å². The molecule has 0 aromatic carbocycles. The van der Waals surface area contributed by atoms with Gasteiger partial charge < -0.3 is 10.1 Å². The smallest absolute Gasteiger partial charge is 0.0488 e. The number of rotatable bonds is 10. The molecule has 0 fully saturated rings. The minimum atomic E-state index is 0.437. The Kier molecular flexibility index (Phi) is 8.96. The molecule has 98 valence electrons. The summed E-state index contributed by atoms with van der Waals surface area (Å²) in [4.78, 5) is 0. The van der Waals surface area contributed by atoms with E-state index in [0.29, 0.717) is 11.3 Å². The Hall–Kier alpha value is -0.0800. The molecule has 2 heteroatoms.